The lowest BCUT2D eigenvalue weighted by Crippen LogP contribution is -2.38. The molecule has 1 amide bonds. The van der Waals surface area contributed by atoms with Crippen molar-refractivity contribution in [1.82, 2.24) is 24.4 Å². The lowest BCUT2D eigenvalue weighted by Gasteiger charge is -2.20. The molecule has 0 radical (unpaired) electrons. The molecule has 9 heteroatoms. The fourth-order valence-electron chi connectivity index (χ4n) is 3.53. The third-order valence-corrected chi connectivity index (χ3v) is 6.37. The van der Waals surface area contributed by atoms with Gasteiger partial charge in [0.15, 0.2) is 5.65 Å². The Kier molecular flexibility index (Phi) is 7.41. The summed E-state index contributed by atoms with van der Waals surface area (Å²) >= 11 is 1.19. The van der Waals surface area contributed by atoms with Crippen LogP contribution in [0.15, 0.2) is 44.9 Å². The topological polar surface area (TPSA) is 98.9 Å². The summed E-state index contributed by atoms with van der Waals surface area (Å²) in [4.78, 5) is 47.4. The van der Waals surface area contributed by atoms with Crippen LogP contribution in [0.5, 0.6) is 0 Å². The zero-order chi connectivity index (χ0) is 24.3. The average Bonchev–Trinajstić information content (AvgIpc) is 2.79. The Labute approximate surface area is 197 Å². The number of hydrogen-bond acceptors (Lipinski definition) is 6. The standard InChI is InChI=1S/C24H31N5O3S/c1-7-11-16(15-12-9-8-10-13-15)25-17(30)14-33-20-18-19(26-22(27-20)24(2,3)4)28(5)23(32)29(6)21(18)31/h8-10,12-13,16H,7,11,14H2,1-6H3,(H,25,30)/t16-/m0/s1. The molecule has 1 aromatic carbocycles. The number of rotatable bonds is 7. The first-order valence-corrected chi connectivity index (χ1v) is 12.0. The molecular weight excluding hydrogens is 438 g/mol. The molecule has 0 aliphatic carbocycles. The van der Waals surface area contributed by atoms with E-state index in [1.165, 1.54) is 23.4 Å². The summed E-state index contributed by atoms with van der Waals surface area (Å²) in [6.07, 6.45) is 1.76. The van der Waals surface area contributed by atoms with Gasteiger partial charge in [-0.05, 0) is 12.0 Å². The van der Waals surface area contributed by atoms with Gasteiger partial charge in [-0.3, -0.25) is 18.7 Å². The van der Waals surface area contributed by atoms with E-state index < -0.39 is 16.7 Å². The third kappa shape index (κ3) is 5.35. The van der Waals surface area contributed by atoms with Crippen LogP contribution in [0.4, 0.5) is 0 Å². The van der Waals surface area contributed by atoms with Crippen LogP contribution in [-0.4, -0.2) is 30.8 Å². The Hall–Kier alpha value is -2.94. The number of nitrogens with one attached hydrogen (secondary N) is 1. The first-order valence-electron chi connectivity index (χ1n) is 11.0. The van der Waals surface area contributed by atoms with E-state index in [0.717, 1.165) is 23.0 Å². The average molecular weight is 470 g/mol. The van der Waals surface area contributed by atoms with Crippen LogP contribution in [0, 0.1) is 0 Å². The quantitative estimate of drug-likeness (QED) is 0.422. The fourth-order valence-corrected chi connectivity index (χ4v) is 4.36. The SMILES string of the molecule is CCC[C@H](NC(=O)CSc1nc(C(C)(C)C)nc2c1c(=O)n(C)c(=O)n2C)c1ccccc1. The summed E-state index contributed by atoms with van der Waals surface area (Å²) < 4.78 is 2.39. The highest BCUT2D eigenvalue weighted by Gasteiger charge is 2.24. The van der Waals surface area contributed by atoms with Crippen LogP contribution in [0.3, 0.4) is 0 Å². The second-order valence-corrected chi connectivity index (χ2v) is 10.1. The van der Waals surface area contributed by atoms with Gasteiger partial charge in [0.1, 0.15) is 16.2 Å². The zero-order valence-electron chi connectivity index (χ0n) is 20.0. The van der Waals surface area contributed by atoms with Crippen molar-refractivity contribution < 1.29 is 4.79 Å². The van der Waals surface area contributed by atoms with E-state index >= 15 is 0 Å². The van der Waals surface area contributed by atoms with Crippen LogP contribution < -0.4 is 16.6 Å². The second kappa shape index (κ2) is 9.91. The molecule has 0 unspecified atom stereocenters. The molecule has 0 bridgehead atoms. The molecule has 0 saturated carbocycles. The molecule has 176 valence electrons. The van der Waals surface area contributed by atoms with Gasteiger partial charge in [-0.2, -0.15) is 0 Å². The van der Waals surface area contributed by atoms with Crippen molar-refractivity contribution in [1.29, 1.82) is 0 Å². The highest BCUT2D eigenvalue weighted by Crippen LogP contribution is 2.27. The summed E-state index contributed by atoms with van der Waals surface area (Å²) in [7, 11) is 3.01. The summed E-state index contributed by atoms with van der Waals surface area (Å²) in [6, 6.07) is 9.80. The van der Waals surface area contributed by atoms with E-state index in [4.69, 9.17) is 0 Å². The summed E-state index contributed by atoms with van der Waals surface area (Å²) in [5.74, 6) is 0.455. The number of fused-ring (bicyclic) bond motifs is 1. The smallest absolute Gasteiger partial charge is 0.332 e. The van der Waals surface area contributed by atoms with Gasteiger partial charge >= 0.3 is 5.69 Å². The molecule has 2 aromatic heterocycles. The van der Waals surface area contributed by atoms with Crippen LogP contribution in [0.25, 0.3) is 11.0 Å². The number of thioether (sulfide) groups is 1. The first-order chi connectivity index (χ1) is 15.5. The Bertz CT molecular complexity index is 1280. The van der Waals surface area contributed by atoms with Gasteiger partial charge in [0.05, 0.1) is 11.8 Å². The third-order valence-electron chi connectivity index (χ3n) is 5.39. The molecule has 0 saturated heterocycles. The highest BCUT2D eigenvalue weighted by atomic mass is 32.2. The number of carbonyl (C=O) groups is 1. The first kappa shape index (κ1) is 24.7. The highest BCUT2D eigenvalue weighted by molar-refractivity contribution is 8.00. The Morgan fingerprint density at radius 2 is 1.76 bits per heavy atom. The molecule has 33 heavy (non-hydrogen) atoms. The maximum atomic E-state index is 12.9. The predicted octanol–water partition coefficient (Wildman–Crippen LogP) is 3.07. The maximum Gasteiger partial charge on any atom is 0.332 e. The Morgan fingerprint density at radius 1 is 1.09 bits per heavy atom. The van der Waals surface area contributed by atoms with Gasteiger partial charge in [-0.15, -0.1) is 0 Å². The zero-order valence-corrected chi connectivity index (χ0v) is 20.8. The minimum atomic E-state index is -0.468. The van der Waals surface area contributed by atoms with Crippen LogP contribution >= 0.6 is 11.8 Å². The van der Waals surface area contributed by atoms with Crippen molar-refractivity contribution in [2.75, 3.05) is 5.75 Å². The summed E-state index contributed by atoms with van der Waals surface area (Å²) in [5.41, 5.74) is 0.0142. The molecule has 2 heterocycles. The second-order valence-electron chi connectivity index (χ2n) is 9.11. The molecule has 0 fully saturated rings. The maximum absolute atomic E-state index is 12.9. The van der Waals surface area contributed by atoms with E-state index in [9.17, 15) is 14.4 Å². The minimum absolute atomic E-state index is 0.0785. The summed E-state index contributed by atoms with van der Waals surface area (Å²) in [6.45, 7) is 7.97. The number of amides is 1. The lowest BCUT2D eigenvalue weighted by atomic mass is 9.96. The fraction of sp³-hybridized carbons (Fsp3) is 0.458. The van der Waals surface area contributed by atoms with Crippen LogP contribution in [0.1, 0.15) is 58.0 Å². The number of aryl methyl sites for hydroxylation is 1. The largest absolute Gasteiger partial charge is 0.349 e. The van der Waals surface area contributed by atoms with Crippen molar-refractivity contribution in [2.24, 2.45) is 14.1 Å². The predicted molar refractivity (Wildman–Crippen MR) is 132 cm³/mol. The number of benzene rings is 1. The van der Waals surface area contributed by atoms with Crippen molar-refractivity contribution in [2.45, 2.75) is 57.0 Å². The number of hydrogen-bond donors (Lipinski definition) is 1. The van der Waals surface area contributed by atoms with E-state index in [2.05, 4.69) is 22.2 Å². The molecule has 1 atom stereocenters. The molecule has 0 aliphatic heterocycles. The van der Waals surface area contributed by atoms with E-state index in [1.54, 1.807) is 7.05 Å². The monoisotopic (exact) mass is 469 g/mol. The molecule has 0 aliphatic rings. The Balaban J connectivity index is 1.95. The van der Waals surface area contributed by atoms with Gasteiger partial charge in [-0.25, -0.2) is 14.8 Å². The van der Waals surface area contributed by atoms with Crippen molar-refractivity contribution in [3.63, 3.8) is 0 Å². The number of carbonyl (C=O) groups excluding carboxylic acids is 1. The van der Waals surface area contributed by atoms with Gasteiger partial charge < -0.3 is 5.32 Å². The van der Waals surface area contributed by atoms with E-state index in [1.807, 2.05) is 51.1 Å². The molecule has 8 nitrogen and oxygen atoms in total. The lowest BCUT2D eigenvalue weighted by molar-refractivity contribution is -0.119. The Morgan fingerprint density at radius 3 is 2.36 bits per heavy atom. The van der Waals surface area contributed by atoms with Gasteiger partial charge in [-0.1, -0.05) is 76.2 Å². The van der Waals surface area contributed by atoms with E-state index in [-0.39, 0.29) is 28.7 Å². The summed E-state index contributed by atoms with van der Waals surface area (Å²) in [5, 5.41) is 3.76. The van der Waals surface area contributed by atoms with Gasteiger partial charge in [0.2, 0.25) is 5.91 Å². The van der Waals surface area contributed by atoms with Crippen molar-refractivity contribution >= 4 is 28.7 Å². The molecular formula is C24H31N5O3S. The van der Waals surface area contributed by atoms with Crippen LogP contribution in [0.2, 0.25) is 0 Å². The van der Waals surface area contributed by atoms with Gasteiger partial charge in [0, 0.05) is 19.5 Å². The molecule has 3 rings (SSSR count). The minimum Gasteiger partial charge on any atom is -0.349 e. The molecule has 3 aromatic rings. The van der Waals surface area contributed by atoms with Crippen molar-refractivity contribution in [3.8, 4) is 0 Å². The molecule has 0 spiro atoms. The number of nitrogens with zero attached hydrogens (tertiary/aromatic N) is 4. The van der Waals surface area contributed by atoms with Crippen LogP contribution in [-0.2, 0) is 24.3 Å². The normalized spacial score (nSPS) is 12.7. The van der Waals surface area contributed by atoms with Gasteiger partial charge in [0.25, 0.3) is 5.56 Å². The molecule has 1 N–H and O–H groups in total. The van der Waals surface area contributed by atoms with Crippen molar-refractivity contribution in [3.05, 3.63) is 62.6 Å². The number of aromatic nitrogens is 4. The van der Waals surface area contributed by atoms with E-state index in [0.29, 0.717) is 10.9 Å².